The molecule has 0 spiro atoms. The molecule has 2 rings (SSSR count). The Bertz CT molecular complexity index is 445. The zero-order valence-electron chi connectivity index (χ0n) is 11.1. The van der Waals surface area contributed by atoms with Crippen molar-refractivity contribution in [2.45, 2.75) is 38.6 Å². The van der Waals surface area contributed by atoms with Gasteiger partial charge in [-0.15, -0.1) is 12.4 Å². The summed E-state index contributed by atoms with van der Waals surface area (Å²) in [4.78, 5) is 12.0. The first-order valence-corrected chi connectivity index (χ1v) is 7.07. The molecule has 0 aromatic carbocycles. The van der Waals surface area contributed by atoms with Crippen LogP contribution in [0.3, 0.4) is 0 Å². The fourth-order valence-electron chi connectivity index (χ4n) is 1.86. The number of nitrogens with two attached hydrogens (primary N) is 1. The molecule has 1 fully saturated rings. The molecule has 1 aliphatic carbocycles. The molecule has 1 aromatic heterocycles. The summed E-state index contributed by atoms with van der Waals surface area (Å²) in [5.74, 6) is 0.697. The normalized spacial score (nSPS) is 16.1. The van der Waals surface area contributed by atoms with Gasteiger partial charge in [-0.05, 0) is 40.6 Å². The zero-order chi connectivity index (χ0) is 13.3. The fourth-order valence-corrected chi connectivity index (χ4v) is 2.68. The molecule has 1 heterocycles. The first-order valence-electron chi connectivity index (χ1n) is 6.28. The summed E-state index contributed by atoms with van der Waals surface area (Å²) < 4.78 is 0.745. The van der Waals surface area contributed by atoms with Crippen LogP contribution in [0.15, 0.2) is 4.47 Å². The third kappa shape index (κ3) is 3.94. The van der Waals surface area contributed by atoms with E-state index in [4.69, 9.17) is 5.73 Å². The van der Waals surface area contributed by atoms with Crippen LogP contribution >= 0.6 is 28.3 Å². The van der Waals surface area contributed by atoms with Gasteiger partial charge in [-0.1, -0.05) is 13.8 Å². The smallest absolute Gasteiger partial charge is 0.273 e. The Hall–Kier alpha value is -0.590. The summed E-state index contributed by atoms with van der Waals surface area (Å²) in [6, 6.07) is 0.0660. The number of rotatable bonds is 5. The van der Waals surface area contributed by atoms with Gasteiger partial charge in [-0.2, -0.15) is 5.10 Å². The van der Waals surface area contributed by atoms with E-state index >= 15 is 0 Å². The molecule has 1 amide bonds. The van der Waals surface area contributed by atoms with Crippen LogP contribution < -0.4 is 11.1 Å². The van der Waals surface area contributed by atoms with Crippen LogP contribution in [0.2, 0.25) is 0 Å². The lowest BCUT2D eigenvalue weighted by Crippen LogP contribution is -2.38. The van der Waals surface area contributed by atoms with Crippen LogP contribution in [-0.2, 0) is 0 Å². The molecule has 0 aliphatic heterocycles. The number of hydrogen-bond donors (Lipinski definition) is 3. The van der Waals surface area contributed by atoms with E-state index in [0.717, 1.165) is 10.2 Å². The molecule has 1 saturated carbocycles. The average molecular weight is 352 g/mol. The summed E-state index contributed by atoms with van der Waals surface area (Å²) in [6.45, 7) is 4.60. The number of hydrogen-bond acceptors (Lipinski definition) is 3. The van der Waals surface area contributed by atoms with Crippen molar-refractivity contribution in [3.05, 3.63) is 15.9 Å². The molecule has 1 unspecified atom stereocenters. The highest BCUT2D eigenvalue weighted by Crippen LogP contribution is 2.31. The number of nitrogens with one attached hydrogen (secondary N) is 2. The Morgan fingerprint density at radius 2 is 2.21 bits per heavy atom. The van der Waals surface area contributed by atoms with Crippen LogP contribution in [0.5, 0.6) is 0 Å². The maximum atomic E-state index is 12.0. The summed E-state index contributed by atoms with van der Waals surface area (Å²) >= 11 is 3.41. The molecule has 1 aromatic rings. The Balaban J connectivity index is 0.00000180. The molecule has 7 heteroatoms. The lowest BCUT2D eigenvalue weighted by Gasteiger charge is -2.10. The third-order valence-corrected chi connectivity index (χ3v) is 4.05. The lowest BCUT2D eigenvalue weighted by atomic mass is 10.1. The molecular formula is C12H20BrClN4O. The molecule has 0 radical (unpaired) electrons. The van der Waals surface area contributed by atoms with Gasteiger partial charge in [0.1, 0.15) is 0 Å². The van der Waals surface area contributed by atoms with Crippen molar-refractivity contribution in [2.75, 3.05) is 6.54 Å². The van der Waals surface area contributed by atoms with E-state index in [1.807, 2.05) is 13.8 Å². The van der Waals surface area contributed by atoms with Crippen molar-refractivity contribution in [2.24, 2.45) is 11.7 Å². The number of H-pyrrole nitrogens is 1. The van der Waals surface area contributed by atoms with Crippen molar-refractivity contribution in [1.82, 2.24) is 15.5 Å². The van der Waals surface area contributed by atoms with Gasteiger partial charge in [0.2, 0.25) is 0 Å². The molecule has 5 nitrogen and oxygen atoms in total. The Kier molecular flexibility index (Phi) is 5.82. The minimum atomic E-state index is -0.180. The summed E-state index contributed by atoms with van der Waals surface area (Å²) in [5.41, 5.74) is 7.28. The second kappa shape index (κ2) is 6.72. The Labute approximate surface area is 127 Å². The van der Waals surface area contributed by atoms with Gasteiger partial charge >= 0.3 is 0 Å². The van der Waals surface area contributed by atoms with Gasteiger partial charge in [0.25, 0.3) is 5.91 Å². The minimum Gasteiger partial charge on any atom is -0.349 e. The Morgan fingerprint density at radius 1 is 1.58 bits per heavy atom. The first kappa shape index (κ1) is 16.5. The van der Waals surface area contributed by atoms with Crippen molar-refractivity contribution in [1.29, 1.82) is 0 Å². The molecule has 1 aliphatic rings. The highest BCUT2D eigenvalue weighted by atomic mass is 79.9. The summed E-state index contributed by atoms with van der Waals surface area (Å²) in [6.07, 6.45) is 2.36. The molecule has 108 valence electrons. The average Bonchev–Trinajstić information content (AvgIpc) is 3.09. The lowest BCUT2D eigenvalue weighted by molar-refractivity contribution is 0.0944. The standard InChI is InChI=1S/C12H19BrN4O.ClH/c1-6(2)10-9(13)11(17-16-10)12(18)15-5-8(14)7-3-4-7;/h6-8H,3-5,14H2,1-2H3,(H,15,18)(H,16,17);1H. The van der Waals surface area contributed by atoms with Gasteiger partial charge in [0.05, 0.1) is 10.2 Å². The maximum Gasteiger partial charge on any atom is 0.273 e. The SMILES string of the molecule is CC(C)c1[nH]nc(C(=O)NCC(N)C2CC2)c1Br.Cl. The number of carbonyl (C=O) groups is 1. The van der Waals surface area contributed by atoms with Crippen molar-refractivity contribution < 1.29 is 4.79 Å². The monoisotopic (exact) mass is 350 g/mol. The van der Waals surface area contributed by atoms with Gasteiger partial charge in [0.15, 0.2) is 5.69 Å². The van der Waals surface area contributed by atoms with Crippen LogP contribution in [-0.4, -0.2) is 28.7 Å². The quantitative estimate of drug-likeness (QED) is 0.760. The van der Waals surface area contributed by atoms with Crippen LogP contribution in [0.1, 0.15) is 48.8 Å². The number of nitrogens with zero attached hydrogens (tertiary/aromatic N) is 1. The molecule has 4 N–H and O–H groups in total. The van der Waals surface area contributed by atoms with E-state index in [9.17, 15) is 4.79 Å². The first-order chi connectivity index (χ1) is 8.50. The highest BCUT2D eigenvalue weighted by Gasteiger charge is 2.29. The van der Waals surface area contributed by atoms with E-state index in [1.165, 1.54) is 12.8 Å². The number of amides is 1. The topological polar surface area (TPSA) is 83.8 Å². The fraction of sp³-hybridized carbons (Fsp3) is 0.667. The number of aromatic amines is 1. The van der Waals surface area contributed by atoms with E-state index in [-0.39, 0.29) is 24.4 Å². The van der Waals surface area contributed by atoms with Crippen LogP contribution in [0, 0.1) is 5.92 Å². The summed E-state index contributed by atoms with van der Waals surface area (Å²) in [5, 5.41) is 9.78. The second-order valence-electron chi connectivity index (χ2n) is 5.17. The van der Waals surface area contributed by atoms with E-state index in [0.29, 0.717) is 24.1 Å². The van der Waals surface area contributed by atoms with Crippen molar-refractivity contribution in [3.8, 4) is 0 Å². The zero-order valence-corrected chi connectivity index (χ0v) is 13.5. The van der Waals surface area contributed by atoms with E-state index < -0.39 is 0 Å². The van der Waals surface area contributed by atoms with Crippen molar-refractivity contribution >= 4 is 34.2 Å². The molecule has 0 bridgehead atoms. The molecular weight excluding hydrogens is 332 g/mol. The number of carbonyl (C=O) groups excluding carboxylic acids is 1. The highest BCUT2D eigenvalue weighted by molar-refractivity contribution is 9.10. The van der Waals surface area contributed by atoms with Gasteiger partial charge < -0.3 is 11.1 Å². The van der Waals surface area contributed by atoms with Gasteiger partial charge in [0, 0.05) is 12.6 Å². The molecule has 1 atom stereocenters. The Morgan fingerprint density at radius 3 is 2.68 bits per heavy atom. The van der Waals surface area contributed by atoms with Gasteiger partial charge in [-0.3, -0.25) is 9.89 Å². The number of halogens is 2. The van der Waals surface area contributed by atoms with Crippen LogP contribution in [0.25, 0.3) is 0 Å². The molecule has 0 saturated heterocycles. The third-order valence-electron chi connectivity index (χ3n) is 3.25. The second-order valence-corrected chi connectivity index (χ2v) is 5.96. The largest absolute Gasteiger partial charge is 0.349 e. The summed E-state index contributed by atoms with van der Waals surface area (Å²) in [7, 11) is 0. The van der Waals surface area contributed by atoms with Crippen molar-refractivity contribution in [3.63, 3.8) is 0 Å². The van der Waals surface area contributed by atoms with E-state index in [1.54, 1.807) is 0 Å². The van der Waals surface area contributed by atoms with Gasteiger partial charge in [-0.25, -0.2) is 0 Å². The predicted octanol–water partition coefficient (Wildman–Crippen LogP) is 2.18. The molecule has 19 heavy (non-hydrogen) atoms. The van der Waals surface area contributed by atoms with Crippen LogP contribution in [0.4, 0.5) is 0 Å². The maximum absolute atomic E-state index is 12.0. The minimum absolute atomic E-state index is 0. The number of aromatic nitrogens is 2. The van der Waals surface area contributed by atoms with E-state index in [2.05, 4.69) is 31.4 Å². The predicted molar refractivity (Wildman–Crippen MR) is 80.7 cm³/mol.